The number of rotatable bonds is 25. The van der Waals surface area contributed by atoms with E-state index in [1.54, 1.807) is 18.5 Å². The van der Waals surface area contributed by atoms with Gasteiger partial charge < -0.3 is 4.18 Å². The van der Waals surface area contributed by atoms with Crippen molar-refractivity contribution in [3.8, 4) is 0 Å². The third-order valence-electron chi connectivity index (χ3n) is 7.16. The standard InChI is InChI=1S/C25H55P.C6H12O2S/c1-5-8-11-14-17-20-23-26(4,24-21-18-15-12-9-6-2)25-22-19-16-13-10-7-3;1-3-4-5-9-8-6(2)7/h26H,5-25H2,1-4H3;3-5H2,1-2H3. The molecule has 0 N–H and O–H groups in total. The van der Waals surface area contributed by atoms with Crippen molar-refractivity contribution >= 4 is 25.3 Å². The molecule has 0 saturated heterocycles. The molecule has 4 heteroatoms. The quantitative estimate of drug-likeness (QED) is 0.0661. The van der Waals surface area contributed by atoms with Gasteiger partial charge in [0.1, 0.15) is 0 Å². The van der Waals surface area contributed by atoms with Crippen molar-refractivity contribution in [3.63, 3.8) is 0 Å². The van der Waals surface area contributed by atoms with E-state index in [4.69, 9.17) is 0 Å². The Balaban J connectivity index is 0. The molecule has 0 heterocycles. The molecule has 0 aromatic rings. The molecule has 0 unspecified atom stereocenters. The normalized spacial score (nSPS) is 11.7. The molecule has 2 nitrogen and oxygen atoms in total. The largest absolute Gasteiger partial charge is 0.392 e. The Morgan fingerprint density at radius 3 is 1.17 bits per heavy atom. The van der Waals surface area contributed by atoms with E-state index in [1.807, 2.05) is 0 Å². The smallest absolute Gasteiger partial charge is 0.314 e. The Morgan fingerprint density at radius 1 is 0.543 bits per heavy atom. The van der Waals surface area contributed by atoms with E-state index in [0.29, 0.717) is 0 Å². The monoisotopic (exact) mass is 534 g/mol. The van der Waals surface area contributed by atoms with Crippen molar-refractivity contribution < 1.29 is 8.98 Å². The van der Waals surface area contributed by atoms with Gasteiger partial charge in [-0.25, -0.2) is 0 Å². The van der Waals surface area contributed by atoms with Crippen LogP contribution in [0.2, 0.25) is 0 Å². The zero-order chi connectivity index (χ0) is 26.5. The van der Waals surface area contributed by atoms with Crippen LogP contribution in [-0.4, -0.2) is 36.9 Å². The maximum atomic E-state index is 10.2. The van der Waals surface area contributed by atoms with Gasteiger partial charge in [0.25, 0.3) is 0 Å². The summed E-state index contributed by atoms with van der Waals surface area (Å²) in [6.45, 7) is 13.3. The predicted octanol–water partition coefficient (Wildman–Crippen LogP) is 11.4. The van der Waals surface area contributed by atoms with Gasteiger partial charge in [0.2, 0.25) is 0 Å². The van der Waals surface area contributed by atoms with Gasteiger partial charge in [-0.3, -0.25) is 4.79 Å². The summed E-state index contributed by atoms with van der Waals surface area (Å²) in [6, 6.07) is 0. The zero-order valence-corrected chi connectivity index (χ0v) is 27.0. The number of carbonyl (C=O) groups excluding carboxylic acids is 1. The minimum absolute atomic E-state index is 0.212. The molecule has 0 saturated carbocycles. The number of hydrogen-bond donors (Lipinski definition) is 0. The van der Waals surface area contributed by atoms with Gasteiger partial charge in [-0.05, 0) is 6.42 Å². The van der Waals surface area contributed by atoms with Gasteiger partial charge in [0.05, 0.1) is 12.0 Å². The van der Waals surface area contributed by atoms with E-state index in [1.165, 1.54) is 135 Å². The minimum atomic E-state index is -0.955. The van der Waals surface area contributed by atoms with Crippen LogP contribution in [-0.2, 0) is 8.98 Å². The Kier molecular flexibility index (Phi) is 32.6. The van der Waals surface area contributed by atoms with Crippen LogP contribution >= 0.6 is 19.3 Å². The molecule has 0 aliphatic rings. The summed E-state index contributed by atoms with van der Waals surface area (Å²) in [4.78, 5) is 10.2. The molecule has 0 bridgehead atoms. The maximum absolute atomic E-state index is 10.2. The van der Waals surface area contributed by atoms with Crippen molar-refractivity contribution in [1.82, 2.24) is 0 Å². The minimum Gasteiger partial charge on any atom is -0.392 e. The summed E-state index contributed by atoms with van der Waals surface area (Å²) in [5.41, 5.74) is 0. The fraction of sp³-hybridized carbons (Fsp3) is 0.968. The summed E-state index contributed by atoms with van der Waals surface area (Å²) in [6.07, 6.45) is 33.7. The first-order valence-electron chi connectivity index (χ1n) is 15.8. The predicted molar refractivity (Wildman–Crippen MR) is 168 cm³/mol. The van der Waals surface area contributed by atoms with Crippen LogP contribution in [0.5, 0.6) is 0 Å². The van der Waals surface area contributed by atoms with Crippen LogP contribution in [0.15, 0.2) is 0 Å². The fourth-order valence-electron chi connectivity index (χ4n) is 4.70. The molecule has 0 aromatic heterocycles. The van der Waals surface area contributed by atoms with Crippen molar-refractivity contribution in [2.24, 2.45) is 0 Å². The Labute approximate surface area is 227 Å². The van der Waals surface area contributed by atoms with E-state index in [0.717, 1.165) is 18.6 Å². The molecule has 214 valence electrons. The Morgan fingerprint density at radius 2 is 0.857 bits per heavy atom. The van der Waals surface area contributed by atoms with Crippen LogP contribution in [0.25, 0.3) is 0 Å². The first-order chi connectivity index (χ1) is 17.0. The second kappa shape index (κ2) is 30.5. The SMILES string of the molecule is CCCCCCCC[PH](C)(CCCCCCCC)CCCCCCCC.CCCCSOC(C)=O. The van der Waals surface area contributed by atoms with Crippen molar-refractivity contribution in [2.75, 3.05) is 30.9 Å². The van der Waals surface area contributed by atoms with Gasteiger partial charge in [0.15, 0.2) is 0 Å². The second-order valence-electron chi connectivity index (χ2n) is 11.1. The van der Waals surface area contributed by atoms with Crippen LogP contribution < -0.4 is 0 Å². The first-order valence-corrected chi connectivity index (χ1v) is 19.8. The molecule has 35 heavy (non-hydrogen) atoms. The van der Waals surface area contributed by atoms with Crippen LogP contribution in [0.4, 0.5) is 0 Å². The number of hydrogen-bond acceptors (Lipinski definition) is 3. The zero-order valence-electron chi connectivity index (χ0n) is 25.2. The van der Waals surface area contributed by atoms with Gasteiger partial charge in [-0.1, -0.05) is 13.3 Å². The molecule has 0 rings (SSSR count). The third-order valence-corrected chi connectivity index (χ3v) is 12.6. The van der Waals surface area contributed by atoms with Crippen molar-refractivity contribution in [1.29, 1.82) is 0 Å². The summed E-state index contributed by atoms with van der Waals surface area (Å²) < 4.78 is 4.62. The molecular formula is C31H67O2PS. The number of unbranched alkanes of at least 4 members (excludes halogenated alkanes) is 16. The molecule has 0 fully saturated rings. The fourth-order valence-corrected chi connectivity index (χ4v) is 9.42. The average molecular weight is 535 g/mol. The van der Waals surface area contributed by atoms with E-state index in [9.17, 15) is 4.79 Å². The van der Waals surface area contributed by atoms with Crippen LogP contribution in [0.1, 0.15) is 163 Å². The molecule has 0 amide bonds. The van der Waals surface area contributed by atoms with Gasteiger partial charge in [0, 0.05) is 12.7 Å². The Bertz CT molecular complexity index is 376. The molecule has 0 aliphatic carbocycles. The van der Waals surface area contributed by atoms with Crippen LogP contribution in [0.3, 0.4) is 0 Å². The molecule has 0 radical (unpaired) electrons. The van der Waals surface area contributed by atoms with Crippen molar-refractivity contribution in [2.45, 2.75) is 163 Å². The molecular weight excluding hydrogens is 467 g/mol. The van der Waals surface area contributed by atoms with Gasteiger partial charge >= 0.3 is 175 Å². The summed E-state index contributed by atoms with van der Waals surface area (Å²) in [5.74, 6) is 0.701. The summed E-state index contributed by atoms with van der Waals surface area (Å²) >= 11 is 1.24. The van der Waals surface area contributed by atoms with Gasteiger partial charge in [-0.15, -0.1) is 0 Å². The third kappa shape index (κ3) is 32.2. The van der Waals surface area contributed by atoms with E-state index < -0.39 is 7.26 Å². The topological polar surface area (TPSA) is 26.3 Å². The average Bonchev–Trinajstić information content (AvgIpc) is 2.84. The van der Waals surface area contributed by atoms with Crippen LogP contribution in [0, 0.1) is 0 Å². The molecule has 0 aromatic carbocycles. The van der Waals surface area contributed by atoms with E-state index in [2.05, 4.69) is 38.5 Å². The van der Waals surface area contributed by atoms with Crippen molar-refractivity contribution in [3.05, 3.63) is 0 Å². The molecule has 0 atom stereocenters. The Hall–Kier alpha value is 0.250. The van der Waals surface area contributed by atoms with E-state index >= 15 is 0 Å². The maximum Gasteiger partial charge on any atom is 0.314 e. The molecule has 0 aliphatic heterocycles. The molecule has 0 spiro atoms. The number of carbonyl (C=O) groups is 1. The van der Waals surface area contributed by atoms with E-state index in [-0.39, 0.29) is 5.97 Å². The van der Waals surface area contributed by atoms with Gasteiger partial charge in [-0.2, -0.15) is 0 Å². The second-order valence-corrected chi connectivity index (χ2v) is 17.0. The first kappa shape index (κ1) is 37.4. The summed E-state index contributed by atoms with van der Waals surface area (Å²) in [7, 11) is -0.955. The summed E-state index contributed by atoms with van der Waals surface area (Å²) in [5, 5.41) is 0.